The number of fused-ring (bicyclic) bond motifs is 1. The van der Waals surface area contributed by atoms with Gasteiger partial charge in [0.05, 0.1) is 5.52 Å². The zero-order chi connectivity index (χ0) is 15.6. The summed E-state index contributed by atoms with van der Waals surface area (Å²) in [6.07, 6.45) is 0.457. The molecule has 2 aromatic rings. The first-order chi connectivity index (χ1) is 9.90. The molecule has 0 saturated carbocycles. The highest BCUT2D eigenvalue weighted by molar-refractivity contribution is 5.85. The SMILES string of the molecule is CC(C)n1ccc2c(C(O)O)cc(OCCN(C)C)cc21. The summed E-state index contributed by atoms with van der Waals surface area (Å²) in [6, 6.07) is 5.86. The van der Waals surface area contributed by atoms with Crippen LogP contribution in [0.5, 0.6) is 5.75 Å². The smallest absolute Gasteiger partial charge is 0.179 e. The van der Waals surface area contributed by atoms with Crippen molar-refractivity contribution in [3.05, 3.63) is 30.0 Å². The van der Waals surface area contributed by atoms with Gasteiger partial charge in [-0.25, -0.2) is 0 Å². The maximum atomic E-state index is 9.59. The van der Waals surface area contributed by atoms with Gasteiger partial charge in [-0.05, 0) is 40.1 Å². The second kappa shape index (κ2) is 6.47. The van der Waals surface area contributed by atoms with Crippen molar-refractivity contribution in [3.63, 3.8) is 0 Å². The first-order valence-electron chi connectivity index (χ1n) is 7.18. The molecule has 0 aliphatic heterocycles. The van der Waals surface area contributed by atoms with Crippen LogP contribution in [-0.4, -0.2) is 46.9 Å². The molecule has 0 saturated heterocycles. The number of benzene rings is 1. The Labute approximate surface area is 125 Å². The maximum absolute atomic E-state index is 9.59. The Morgan fingerprint density at radius 1 is 1.24 bits per heavy atom. The lowest BCUT2D eigenvalue weighted by molar-refractivity contribution is -0.0414. The predicted octanol–water partition coefficient (Wildman–Crippen LogP) is 2.15. The molecule has 0 bridgehead atoms. The van der Waals surface area contributed by atoms with Crippen molar-refractivity contribution in [2.45, 2.75) is 26.2 Å². The molecule has 1 aromatic heterocycles. The Bertz CT molecular complexity index is 603. The predicted molar refractivity (Wildman–Crippen MR) is 83.6 cm³/mol. The summed E-state index contributed by atoms with van der Waals surface area (Å²) >= 11 is 0. The Morgan fingerprint density at radius 3 is 2.52 bits per heavy atom. The number of nitrogens with zero attached hydrogens (tertiary/aromatic N) is 2. The molecule has 1 aromatic carbocycles. The number of ether oxygens (including phenoxy) is 1. The fraction of sp³-hybridized carbons (Fsp3) is 0.500. The topological polar surface area (TPSA) is 57.9 Å². The van der Waals surface area contributed by atoms with E-state index in [1.165, 1.54) is 0 Å². The summed E-state index contributed by atoms with van der Waals surface area (Å²) in [5.74, 6) is 0.660. The average molecular weight is 292 g/mol. The summed E-state index contributed by atoms with van der Waals surface area (Å²) in [5.41, 5.74) is 1.43. The summed E-state index contributed by atoms with van der Waals surface area (Å²) < 4.78 is 7.84. The minimum atomic E-state index is -1.51. The molecule has 0 amide bonds. The molecule has 116 valence electrons. The van der Waals surface area contributed by atoms with Crippen LogP contribution in [0, 0.1) is 0 Å². The van der Waals surface area contributed by atoms with E-state index in [1.807, 2.05) is 37.3 Å². The van der Waals surface area contributed by atoms with Crippen LogP contribution in [0.25, 0.3) is 10.9 Å². The maximum Gasteiger partial charge on any atom is 0.179 e. The highest BCUT2D eigenvalue weighted by Crippen LogP contribution is 2.31. The largest absolute Gasteiger partial charge is 0.492 e. The fourth-order valence-corrected chi connectivity index (χ4v) is 2.36. The number of aliphatic hydroxyl groups excluding tert-OH is 1. The van der Waals surface area contributed by atoms with Gasteiger partial charge in [0.15, 0.2) is 6.29 Å². The van der Waals surface area contributed by atoms with Crippen molar-refractivity contribution in [2.75, 3.05) is 27.2 Å². The van der Waals surface area contributed by atoms with Gasteiger partial charge in [-0.3, -0.25) is 0 Å². The molecule has 0 fully saturated rings. The van der Waals surface area contributed by atoms with Gasteiger partial charge >= 0.3 is 0 Å². The number of rotatable bonds is 6. The Kier molecular flexibility index (Phi) is 4.88. The van der Waals surface area contributed by atoms with Crippen molar-refractivity contribution in [3.8, 4) is 5.75 Å². The van der Waals surface area contributed by atoms with Crippen LogP contribution in [-0.2, 0) is 0 Å². The molecule has 0 unspecified atom stereocenters. The Hall–Kier alpha value is -1.56. The molecule has 5 heteroatoms. The van der Waals surface area contributed by atoms with Crippen LogP contribution in [0.3, 0.4) is 0 Å². The third kappa shape index (κ3) is 3.56. The van der Waals surface area contributed by atoms with E-state index in [1.54, 1.807) is 6.07 Å². The molecule has 0 spiro atoms. The van der Waals surface area contributed by atoms with Gasteiger partial charge in [-0.1, -0.05) is 0 Å². The fourth-order valence-electron chi connectivity index (χ4n) is 2.36. The quantitative estimate of drug-likeness (QED) is 0.801. The van der Waals surface area contributed by atoms with E-state index in [0.717, 1.165) is 17.4 Å². The number of hydrogen-bond acceptors (Lipinski definition) is 4. The molecule has 2 rings (SSSR count). The molecule has 2 N–H and O–H groups in total. The van der Waals surface area contributed by atoms with Gasteiger partial charge in [-0.2, -0.15) is 0 Å². The van der Waals surface area contributed by atoms with Gasteiger partial charge in [0.2, 0.25) is 0 Å². The number of aliphatic hydroxyl groups is 2. The highest BCUT2D eigenvalue weighted by Gasteiger charge is 2.14. The van der Waals surface area contributed by atoms with Gasteiger partial charge in [0, 0.05) is 35.8 Å². The Balaban J connectivity index is 2.40. The van der Waals surface area contributed by atoms with Crippen LogP contribution in [0.4, 0.5) is 0 Å². The molecule has 0 atom stereocenters. The second-order valence-electron chi connectivity index (χ2n) is 5.79. The lowest BCUT2D eigenvalue weighted by atomic mass is 10.1. The average Bonchev–Trinajstić information content (AvgIpc) is 2.80. The number of hydrogen-bond donors (Lipinski definition) is 2. The number of likely N-dealkylation sites (N-methyl/N-ethyl adjacent to an activating group) is 1. The lowest BCUT2D eigenvalue weighted by Crippen LogP contribution is -2.19. The van der Waals surface area contributed by atoms with Crippen molar-refractivity contribution >= 4 is 10.9 Å². The summed E-state index contributed by atoms with van der Waals surface area (Å²) in [4.78, 5) is 2.04. The van der Waals surface area contributed by atoms with Crippen LogP contribution in [0.15, 0.2) is 24.4 Å². The minimum absolute atomic E-state index is 0.295. The summed E-state index contributed by atoms with van der Waals surface area (Å²) in [5, 5.41) is 20.0. The van der Waals surface area contributed by atoms with Crippen LogP contribution in [0.2, 0.25) is 0 Å². The Morgan fingerprint density at radius 2 is 1.95 bits per heavy atom. The molecular formula is C16H24N2O3. The van der Waals surface area contributed by atoms with Crippen LogP contribution >= 0.6 is 0 Å². The van der Waals surface area contributed by atoms with E-state index in [-0.39, 0.29) is 0 Å². The van der Waals surface area contributed by atoms with Gasteiger partial charge < -0.3 is 24.4 Å². The molecule has 0 radical (unpaired) electrons. The lowest BCUT2D eigenvalue weighted by Gasteiger charge is -2.15. The van der Waals surface area contributed by atoms with Crippen molar-refractivity contribution in [2.24, 2.45) is 0 Å². The van der Waals surface area contributed by atoms with E-state index >= 15 is 0 Å². The molecule has 1 heterocycles. The standard InChI is InChI=1S/C16H24N2O3/c1-11(2)18-6-5-13-14(16(19)20)9-12(10-15(13)18)21-8-7-17(3)4/h5-6,9-11,16,19-20H,7-8H2,1-4H3. The summed E-state index contributed by atoms with van der Waals surface area (Å²) in [6.45, 7) is 5.55. The van der Waals surface area contributed by atoms with Crippen LogP contribution in [0.1, 0.15) is 31.7 Å². The van der Waals surface area contributed by atoms with Crippen molar-refractivity contribution < 1.29 is 14.9 Å². The molecule has 0 aliphatic rings. The zero-order valence-electron chi connectivity index (χ0n) is 13.1. The third-order valence-corrected chi connectivity index (χ3v) is 3.49. The molecular weight excluding hydrogens is 268 g/mol. The number of aromatic nitrogens is 1. The zero-order valence-corrected chi connectivity index (χ0v) is 13.1. The molecule has 5 nitrogen and oxygen atoms in total. The third-order valence-electron chi connectivity index (χ3n) is 3.49. The van der Waals surface area contributed by atoms with Crippen molar-refractivity contribution in [1.29, 1.82) is 0 Å². The second-order valence-corrected chi connectivity index (χ2v) is 5.79. The van der Waals surface area contributed by atoms with Crippen molar-refractivity contribution in [1.82, 2.24) is 9.47 Å². The highest BCUT2D eigenvalue weighted by atomic mass is 16.5. The van der Waals surface area contributed by atoms with E-state index in [9.17, 15) is 10.2 Å². The van der Waals surface area contributed by atoms with Gasteiger partial charge in [0.1, 0.15) is 12.4 Å². The van der Waals surface area contributed by atoms with E-state index in [0.29, 0.717) is 24.0 Å². The summed E-state index contributed by atoms with van der Waals surface area (Å²) in [7, 11) is 3.97. The normalized spacial score (nSPS) is 12.0. The first-order valence-corrected chi connectivity index (χ1v) is 7.18. The first kappa shape index (κ1) is 15.8. The monoisotopic (exact) mass is 292 g/mol. The van der Waals surface area contributed by atoms with Gasteiger partial charge in [0.25, 0.3) is 0 Å². The minimum Gasteiger partial charge on any atom is -0.492 e. The van der Waals surface area contributed by atoms with Gasteiger partial charge in [-0.15, -0.1) is 0 Å². The van der Waals surface area contributed by atoms with E-state index in [2.05, 4.69) is 18.4 Å². The van der Waals surface area contributed by atoms with Crippen LogP contribution < -0.4 is 4.74 Å². The van der Waals surface area contributed by atoms with E-state index in [4.69, 9.17) is 4.74 Å². The van der Waals surface area contributed by atoms with E-state index < -0.39 is 6.29 Å². The molecule has 0 aliphatic carbocycles. The molecule has 21 heavy (non-hydrogen) atoms.